The molecule has 1 spiro atoms. The van der Waals surface area contributed by atoms with Crippen LogP contribution >= 0.6 is 15.9 Å². The number of nitrogens with zero attached hydrogens (tertiary/aromatic N) is 1. The molecule has 0 radical (unpaired) electrons. The number of anilines is 1. The van der Waals surface area contributed by atoms with Gasteiger partial charge in [-0.1, -0.05) is 52.3 Å². The van der Waals surface area contributed by atoms with Gasteiger partial charge in [0.2, 0.25) is 11.8 Å². The minimum atomic E-state index is -1.83. The number of hydrogen-bond donors (Lipinski definition) is 1. The van der Waals surface area contributed by atoms with Gasteiger partial charge >= 0.3 is 5.97 Å². The van der Waals surface area contributed by atoms with Crippen molar-refractivity contribution >= 4 is 55.8 Å². The monoisotopic (exact) mass is 516 g/mol. The number of rotatable bonds is 1. The molecule has 1 atom stereocenters. The summed E-state index contributed by atoms with van der Waals surface area (Å²) in [6.07, 6.45) is 0. The maximum atomic E-state index is 14.2. The van der Waals surface area contributed by atoms with Crippen molar-refractivity contribution in [2.24, 2.45) is 5.73 Å². The van der Waals surface area contributed by atoms with Crippen molar-refractivity contribution in [2.75, 3.05) is 19.1 Å². The van der Waals surface area contributed by atoms with Crippen LogP contribution in [0.1, 0.15) is 21.5 Å². The number of carbonyl (C=O) groups is 3. The Kier molecular flexibility index (Phi) is 4.14. The molecule has 2 heterocycles. The van der Waals surface area contributed by atoms with E-state index < -0.39 is 23.1 Å². The first-order chi connectivity index (χ1) is 16.3. The van der Waals surface area contributed by atoms with E-state index in [-0.39, 0.29) is 22.8 Å². The summed E-state index contributed by atoms with van der Waals surface area (Å²) in [6, 6.07) is 16.3. The lowest BCUT2D eigenvalue weighted by Crippen LogP contribution is -2.50. The van der Waals surface area contributed by atoms with E-state index in [0.717, 1.165) is 5.39 Å². The molecule has 1 amide bonds. The summed E-state index contributed by atoms with van der Waals surface area (Å²) in [4.78, 5) is 42.9. The molecule has 0 saturated heterocycles. The van der Waals surface area contributed by atoms with Crippen LogP contribution in [0, 0.1) is 0 Å². The SMILES string of the molecule is COC(=O)C1=C(N)OC2=C(C(=O)c3cccc4cccc2c34)C12C(=O)N(C)c1ccc(Br)cc12. The van der Waals surface area contributed by atoms with Crippen LogP contribution in [0.2, 0.25) is 0 Å². The topological polar surface area (TPSA) is 98.9 Å². The van der Waals surface area contributed by atoms with Crippen LogP contribution in [0.5, 0.6) is 0 Å². The zero-order valence-electron chi connectivity index (χ0n) is 18.1. The second-order valence-corrected chi connectivity index (χ2v) is 9.27. The average molecular weight is 517 g/mol. The highest BCUT2D eigenvalue weighted by Crippen LogP contribution is 2.58. The highest BCUT2D eigenvalue weighted by Gasteiger charge is 2.64. The fraction of sp³-hybridized carbons (Fsp3) is 0.115. The van der Waals surface area contributed by atoms with Crippen molar-refractivity contribution in [3.05, 3.63) is 92.8 Å². The number of ether oxygens (including phenoxy) is 2. The molecule has 6 rings (SSSR count). The highest BCUT2D eigenvalue weighted by atomic mass is 79.9. The number of Topliss-reactive ketones (excluding diaryl/α,β-unsaturated/α-hetero) is 1. The van der Waals surface area contributed by atoms with E-state index in [2.05, 4.69) is 15.9 Å². The zero-order chi connectivity index (χ0) is 23.9. The third-order valence-electron chi connectivity index (χ3n) is 6.80. The van der Waals surface area contributed by atoms with Gasteiger partial charge in [0, 0.05) is 39.3 Å². The highest BCUT2D eigenvalue weighted by molar-refractivity contribution is 9.10. The van der Waals surface area contributed by atoms with Crippen molar-refractivity contribution in [3.63, 3.8) is 0 Å². The molecule has 1 unspecified atom stereocenters. The molecule has 0 bridgehead atoms. The molecule has 2 N–H and O–H groups in total. The first-order valence-electron chi connectivity index (χ1n) is 10.5. The van der Waals surface area contributed by atoms with Crippen molar-refractivity contribution in [3.8, 4) is 0 Å². The Morgan fingerprint density at radius 2 is 1.79 bits per heavy atom. The van der Waals surface area contributed by atoms with Gasteiger partial charge in [0.05, 0.1) is 12.7 Å². The number of likely N-dealkylation sites (N-methyl/N-ethyl adjacent to an activating group) is 1. The molecular formula is C26H17BrN2O5. The van der Waals surface area contributed by atoms with Gasteiger partial charge in [-0.15, -0.1) is 0 Å². The van der Waals surface area contributed by atoms with Gasteiger partial charge in [0.15, 0.2) is 5.78 Å². The van der Waals surface area contributed by atoms with E-state index >= 15 is 0 Å². The fourth-order valence-electron chi connectivity index (χ4n) is 5.43. The van der Waals surface area contributed by atoms with Crippen LogP contribution in [-0.2, 0) is 24.5 Å². The standard InChI is InChI=1S/C26H17BrN2O5/c1-29-17-10-9-13(27)11-16(17)26(25(29)32)19-21(30)14-7-3-5-12-6-4-8-15(18(12)14)22(19)34-23(28)20(26)24(31)33-2/h3-11H,28H2,1-2H3. The number of nitrogens with two attached hydrogens (primary N) is 1. The van der Waals surface area contributed by atoms with E-state index in [1.165, 1.54) is 12.0 Å². The smallest absolute Gasteiger partial charge is 0.340 e. The molecule has 0 aromatic heterocycles. The Hall–Kier alpha value is -3.91. The van der Waals surface area contributed by atoms with E-state index in [1.807, 2.05) is 24.3 Å². The molecule has 3 aliphatic rings. The van der Waals surface area contributed by atoms with Gasteiger partial charge in [0.25, 0.3) is 0 Å². The van der Waals surface area contributed by atoms with Crippen LogP contribution in [0.15, 0.2) is 76.1 Å². The quantitative estimate of drug-likeness (QED) is 0.494. The second-order valence-electron chi connectivity index (χ2n) is 8.35. The van der Waals surface area contributed by atoms with E-state index in [1.54, 1.807) is 37.4 Å². The lowest BCUT2D eigenvalue weighted by Gasteiger charge is -2.39. The summed E-state index contributed by atoms with van der Waals surface area (Å²) < 4.78 is 11.7. The van der Waals surface area contributed by atoms with Gasteiger partial charge in [-0.2, -0.15) is 0 Å². The Balaban J connectivity index is 1.81. The average Bonchev–Trinajstić information content (AvgIpc) is 3.04. The molecule has 1 aliphatic carbocycles. The molecule has 34 heavy (non-hydrogen) atoms. The predicted molar refractivity (Wildman–Crippen MR) is 129 cm³/mol. The number of amides is 1. The van der Waals surface area contributed by atoms with Crippen LogP contribution in [-0.4, -0.2) is 31.8 Å². The van der Waals surface area contributed by atoms with Crippen LogP contribution in [0.3, 0.4) is 0 Å². The first-order valence-corrected chi connectivity index (χ1v) is 11.3. The molecule has 2 aliphatic heterocycles. The normalized spacial score (nSPS) is 20.6. The summed E-state index contributed by atoms with van der Waals surface area (Å²) in [6.45, 7) is 0. The van der Waals surface area contributed by atoms with Gasteiger partial charge in [-0.25, -0.2) is 4.79 Å². The summed E-state index contributed by atoms with van der Waals surface area (Å²) in [7, 11) is 2.80. The van der Waals surface area contributed by atoms with Crippen molar-refractivity contribution < 1.29 is 23.9 Å². The number of benzene rings is 3. The predicted octanol–water partition coefficient (Wildman–Crippen LogP) is 3.80. The number of ketones is 1. The Morgan fingerprint density at radius 3 is 2.50 bits per heavy atom. The van der Waals surface area contributed by atoms with Crippen molar-refractivity contribution in [1.82, 2.24) is 0 Å². The summed E-state index contributed by atoms with van der Waals surface area (Å²) in [5, 5.41) is 1.57. The molecule has 7 nitrogen and oxygen atoms in total. The molecule has 3 aromatic rings. The zero-order valence-corrected chi connectivity index (χ0v) is 19.7. The Labute approximate surface area is 202 Å². The first kappa shape index (κ1) is 20.7. The number of fused-ring (bicyclic) bond motifs is 4. The summed E-state index contributed by atoms with van der Waals surface area (Å²) in [5.74, 6) is -1.83. The number of esters is 1. The number of halogens is 1. The Morgan fingerprint density at radius 1 is 1.09 bits per heavy atom. The summed E-state index contributed by atoms with van der Waals surface area (Å²) in [5.41, 5.74) is 6.44. The molecular weight excluding hydrogens is 500 g/mol. The van der Waals surface area contributed by atoms with Crippen LogP contribution in [0.25, 0.3) is 16.5 Å². The van der Waals surface area contributed by atoms with Crippen molar-refractivity contribution in [1.29, 1.82) is 0 Å². The molecule has 0 fully saturated rings. The molecule has 168 valence electrons. The van der Waals surface area contributed by atoms with Gasteiger partial charge < -0.3 is 20.1 Å². The lowest BCUT2D eigenvalue weighted by molar-refractivity contribution is -0.138. The maximum Gasteiger partial charge on any atom is 0.340 e. The van der Waals surface area contributed by atoms with Gasteiger partial charge in [-0.05, 0) is 23.6 Å². The fourth-order valence-corrected chi connectivity index (χ4v) is 5.79. The Bertz CT molecular complexity index is 1570. The third kappa shape index (κ3) is 2.28. The number of methoxy groups -OCH3 is 1. The summed E-state index contributed by atoms with van der Waals surface area (Å²) >= 11 is 3.47. The number of carbonyl (C=O) groups excluding carboxylic acids is 3. The minimum absolute atomic E-state index is 0.0574. The molecule has 8 heteroatoms. The van der Waals surface area contributed by atoms with Crippen molar-refractivity contribution in [2.45, 2.75) is 5.41 Å². The largest absolute Gasteiger partial charge is 0.465 e. The van der Waals surface area contributed by atoms with Crippen LogP contribution < -0.4 is 10.6 Å². The minimum Gasteiger partial charge on any atom is -0.465 e. The van der Waals surface area contributed by atoms with Crippen LogP contribution in [0.4, 0.5) is 5.69 Å². The molecule has 0 saturated carbocycles. The third-order valence-corrected chi connectivity index (χ3v) is 7.29. The van der Waals surface area contributed by atoms with Gasteiger partial charge in [-0.3, -0.25) is 9.59 Å². The van der Waals surface area contributed by atoms with E-state index in [4.69, 9.17) is 15.2 Å². The lowest BCUT2D eigenvalue weighted by atomic mass is 9.64. The second kappa shape index (κ2) is 6.80. The van der Waals surface area contributed by atoms with Gasteiger partial charge in [0.1, 0.15) is 16.7 Å². The number of hydrogen-bond acceptors (Lipinski definition) is 6. The maximum absolute atomic E-state index is 14.2. The molecule has 3 aromatic carbocycles. The van der Waals surface area contributed by atoms with E-state index in [0.29, 0.717) is 32.2 Å². The van der Waals surface area contributed by atoms with E-state index in [9.17, 15) is 14.4 Å².